The molecule has 2 aromatic carbocycles. The van der Waals surface area contributed by atoms with E-state index in [1.165, 1.54) is 10.8 Å². The predicted octanol–water partition coefficient (Wildman–Crippen LogP) is 4.40. The number of aromatic carboxylic acids is 1. The first-order chi connectivity index (χ1) is 12.2. The molecule has 0 atom stereocenters. The average Bonchev–Trinajstić information content (AvgIpc) is 2.64. The molecule has 2 aromatic rings. The van der Waals surface area contributed by atoms with Crippen LogP contribution in [0.4, 0.5) is 11.4 Å². The molecule has 25 heavy (non-hydrogen) atoms. The molecule has 1 aliphatic heterocycles. The number of rotatable bonds is 3. The highest BCUT2D eigenvalue weighted by molar-refractivity contribution is 8.76. The van der Waals surface area contributed by atoms with Gasteiger partial charge in [-0.3, -0.25) is 5.26 Å². The molecule has 0 bridgehead atoms. The second kappa shape index (κ2) is 8.48. The van der Waals surface area contributed by atoms with Crippen LogP contribution in [0.1, 0.15) is 22.3 Å². The zero-order chi connectivity index (χ0) is 17.6. The van der Waals surface area contributed by atoms with Crippen molar-refractivity contribution in [1.29, 1.82) is 0 Å². The van der Waals surface area contributed by atoms with Gasteiger partial charge in [0.15, 0.2) is 0 Å². The quantitative estimate of drug-likeness (QED) is 0.355. The van der Waals surface area contributed by atoms with Crippen molar-refractivity contribution >= 4 is 38.9 Å². The molecule has 0 saturated heterocycles. The Morgan fingerprint density at radius 1 is 1.04 bits per heavy atom. The van der Waals surface area contributed by atoms with Crippen LogP contribution in [0.2, 0.25) is 0 Å². The van der Waals surface area contributed by atoms with Gasteiger partial charge in [-0.15, -0.1) is 0 Å². The van der Waals surface area contributed by atoms with Crippen molar-refractivity contribution in [2.45, 2.75) is 22.8 Å². The lowest BCUT2D eigenvalue weighted by Gasteiger charge is -2.12. The number of hydrogen-bond donors (Lipinski definition) is 4. The second-order valence-electron chi connectivity index (χ2n) is 5.49. The Hall–Kier alpha value is -1.87. The molecule has 8 heteroatoms. The summed E-state index contributed by atoms with van der Waals surface area (Å²) in [6, 6.07) is 10.9. The fourth-order valence-corrected chi connectivity index (χ4v) is 4.82. The first kappa shape index (κ1) is 17.9. The van der Waals surface area contributed by atoms with Gasteiger partial charge in [0.1, 0.15) is 6.61 Å². The molecule has 4 N–H and O–H groups in total. The highest BCUT2D eigenvalue weighted by Crippen LogP contribution is 2.44. The Morgan fingerprint density at radius 2 is 1.68 bits per heavy atom. The number of hydrogen-bond acceptors (Lipinski definition) is 7. The van der Waals surface area contributed by atoms with Crippen LogP contribution in [0.3, 0.4) is 0 Å². The Bertz CT molecular complexity index is 770. The molecular formula is C17H18N2O4S2. The van der Waals surface area contributed by atoms with E-state index in [9.17, 15) is 9.90 Å². The topological polar surface area (TPSA) is 90.8 Å². The Balaban J connectivity index is 1.92. The van der Waals surface area contributed by atoms with E-state index in [0.717, 1.165) is 46.2 Å². The van der Waals surface area contributed by atoms with Gasteiger partial charge < -0.3 is 15.7 Å². The largest absolute Gasteiger partial charge is 0.478 e. The molecule has 0 aliphatic carbocycles. The number of carboxylic acids is 1. The van der Waals surface area contributed by atoms with Gasteiger partial charge >= 0.3 is 5.97 Å². The third kappa shape index (κ3) is 4.60. The molecular weight excluding hydrogens is 360 g/mol. The monoisotopic (exact) mass is 378 g/mol. The number of carbonyl (C=O) groups is 1. The van der Waals surface area contributed by atoms with E-state index in [0.29, 0.717) is 0 Å². The molecule has 1 heterocycles. The van der Waals surface area contributed by atoms with Crippen LogP contribution in [-0.4, -0.2) is 29.4 Å². The standard InChI is InChI=1S/C17H18N2O4S2/c20-17(21)12-3-5-14-16(9-12)25-24-15-8-11(10-23-22)2-4-13(15)18-6-1-7-19-14/h2-5,8-9,18-19,22H,1,6-7,10H2,(H,20,21). The second-order valence-corrected chi connectivity index (χ2v) is 7.71. The number of nitrogens with one attached hydrogen (secondary N) is 2. The SMILES string of the molecule is O=C(O)c1ccc2c(c1)SSc1cc(COO)ccc1NCCCN2. The van der Waals surface area contributed by atoms with Crippen LogP contribution in [0.5, 0.6) is 0 Å². The average molecular weight is 378 g/mol. The first-order valence-electron chi connectivity index (χ1n) is 7.76. The molecule has 0 saturated carbocycles. The maximum absolute atomic E-state index is 11.2. The van der Waals surface area contributed by atoms with Crippen molar-refractivity contribution in [3.05, 3.63) is 47.5 Å². The van der Waals surface area contributed by atoms with E-state index in [-0.39, 0.29) is 12.2 Å². The minimum Gasteiger partial charge on any atom is -0.478 e. The van der Waals surface area contributed by atoms with Crippen LogP contribution >= 0.6 is 21.6 Å². The summed E-state index contributed by atoms with van der Waals surface area (Å²) in [6.07, 6.45) is 0.927. The molecule has 1 aliphatic rings. The van der Waals surface area contributed by atoms with E-state index >= 15 is 0 Å². The molecule has 0 aromatic heterocycles. The van der Waals surface area contributed by atoms with Gasteiger partial charge in [0, 0.05) is 34.3 Å². The summed E-state index contributed by atoms with van der Waals surface area (Å²) < 4.78 is 0. The van der Waals surface area contributed by atoms with Gasteiger partial charge in [0.2, 0.25) is 0 Å². The zero-order valence-electron chi connectivity index (χ0n) is 13.3. The van der Waals surface area contributed by atoms with Crippen molar-refractivity contribution in [1.82, 2.24) is 0 Å². The van der Waals surface area contributed by atoms with Gasteiger partial charge in [-0.05, 0) is 42.3 Å². The van der Waals surface area contributed by atoms with Gasteiger partial charge in [0.25, 0.3) is 0 Å². The van der Waals surface area contributed by atoms with Crippen LogP contribution in [-0.2, 0) is 11.5 Å². The van der Waals surface area contributed by atoms with E-state index in [1.54, 1.807) is 22.9 Å². The van der Waals surface area contributed by atoms with Crippen LogP contribution < -0.4 is 10.6 Å². The Labute approximate surface area is 153 Å². The van der Waals surface area contributed by atoms with Crippen molar-refractivity contribution < 1.29 is 20.0 Å². The van der Waals surface area contributed by atoms with E-state index in [2.05, 4.69) is 15.5 Å². The summed E-state index contributed by atoms with van der Waals surface area (Å²) in [6.45, 7) is 1.74. The molecule has 0 radical (unpaired) electrons. The van der Waals surface area contributed by atoms with Gasteiger partial charge in [-0.2, -0.15) is 0 Å². The number of benzene rings is 2. The van der Waals surface area contributed by atoms with Crippen molar-refractivity contribution in [2.75, 3.05) is 23.7 Å². The fraction of sp³-hybridized carbons (Fsp3) is 0.235. The predicted molar refractivity (Wildman–Crippen MR) is 101 cm³/mol. The summed E-state index contributed by atoms with van der Waals surface area (Å²) in [4.78, 5) is 17.4. The normalized spacial score (nSPS) is 14.3. The number of fused-ring (bicyclic) bond motifs is 2. The minimum absolute atomic E-state index is 0.125. The maximum Gasteiger partial charge on any atom is 0.335 e. The lowest BCUT2D eigenvalue weighted by Crippen LogP contribution is -2.10. The van der Waals surface area contributed by atoms with E-state index in [4.69, 9.17) is 5.26 Å². The lowest BCUT2D eigenvalue weighted by molar-refractivity contribution is -0.253. The summed E-state index contributed by atoms with van der Waals surface area (Å²) in [5.74, 6) is -0.938. The Kier molecular flexibility index (Phi) is 6.09. The van der Waals surface area contributed by atoms with Crippen LogP contribution in [0.15, 0.2) is 46.2 Å². The van der Waals surface area contributed by atoms with E-state index in [1.807, 2.05) is 24.3 Å². The van der Waals surface area contributed by atoms with Crippen molar-refractivity contribution in [3.8, 4) is 0 Å². The summed E-state index contributed by atoms with van der Waals surface area (Å²) >= 11 is 0. The van der Waals surface area contributed by atoms with Gasteiger partial charge in [-0.1, -0.05) is 27.7 Å². The number of anilines is 2. The molecule has 0 amide bonds. The third-order valence-electron chi connectivity index (χ3n) is 3.71. The Morgan fingerprint density at radius 3 is 2.32 bits per heavy atom. The molecule has 0 fully saturated rings. The lowest BCUT2D eigenvalue weighted by atomic mass is 10.2. The highest BCUT2D eigenvalue weighted by atomic mass is 33.1. The molecule has 132 valence electrons. The van der Waals surface area contributed by atoms with Crippen LogP contribution in [0.25, 0.3) is 0 Å². The number of carboxylic acid groups (broad SMARTS) is 1. The third-order valence-corrected chi connectivity index (χ3v) is 6.16. The molecule has 3 rings (SSSR count). The van der Waals surface area contributed by atoms with Crippen LogP contribution in [0, 0.1) is 0 Å². The van der Waals surface area contributed by atoms with Crippen molar-refractivity contribution in [3.63, 3.8) is 0 Å². The smallest absolute Gasteiger partial charge is 0.335 e. The van der Waals surface area contributed by atoms with E-state index < -0.39 is 5.97 Å². The first-order valence-corrected chi connectivity index (χ1v) is 9.91. The molecule has 0 unspecified atom stereocenters. The zero-order valence-corrected chi connectivity index (χ0v) is 15.0. The maximum atomic E-state index is 11.2. The van der Waals surface area contributed by atoms with Gasteiger partial charge in [0.05, 0.1) is 5.56 Å². The van der Waals surface area contributed by atoms with Crippen molar-refractivity contribution in [2.24, 2.45) is 0 Å². The highest BCUT2D eigenvalue weighted by Gasteiger charge is 2.13. The molecule has 6 nitrogen and oxygen atoms in total. The fourth-order valence-electron chi connectivity index (χ4n) is 2.44. The van der Waals surface area contributed by atoms with Gasteiger partial charge in [-0.25, -0.2) is 9.68 Å². The summed E-state index contributed by atoms with van der Waals surface area (Å²) in [5, 5.41) is 24.7. The summed E-state index contributed by atoms with van der Waals surface area (Å²) in [5.41, 5.74) is 3.07. The summed E-state index contributed by atoms with van der Waals surface area (Å²) in [7, 11) is 3.05. The minimum atomic E-state index is -0.938. The molecule has 0 spiro atoms.